The summed E-state index contributed by atoms with van der Waals surface area (Å²) in [6.07, 6.45) is 3.87. The van der Waals surface area contributed by atoms with Crippen LogP contribution in [-0.2, 0) is 21.7 Å². The minimum absolute atomic E-state index is 0.0954. The van der Waals surface area contributed by atoms with Crippen LogP contribution in [0.4, 0.5) is 0 Å². The van der Waals surface area contributed by atoms with Crippen molar-refractivity contribution in [3.63, 3.8) is 0 Å². The summed E-state index contributed by atoms with van der Waals surface area (Å²) in [5.74, 6) is 0. The Morgan fingerprint density at radius 1 is 0.658 bits per heavy atom. The molecule has 2 aliphatic carbocycles. The molecule has 5 aromatic rings. The zero-order valence-corrected chi connectivity index (χ0v) is 25.1. The molecule has 7 rings (SSSR count). The first-order valence-corrected chi connectivity index (χ1v) is 14.7. The van der Waals surface area contributed by atoms with Crippen LogP contribution >= 0.6 is 0 Å². The number of hydrogen-bond donors (Lipinski definition) is 0. The van der Waals surface area contributed by atoms with Crippen molar-refractivity contribution in [1.82, 2.24) is 9.38 Å². The van der Waals surface area contributed by atoms with Crippen molar-refractivity contribution < 1.29 is 0 Å². The highest BCUT2D eigenvalue weighted by molar-refractivity contribution is 6.14. The average molecular weight is 505 g/mol. The van der Waals surface area contributed by atoms with Gasteiger partial charge in [-0.2, -0.15) is 0 Å². The van der Waals surface area contributed by atoms with Crippen molar-refractivity contribution in [2.24, 2.45) is 0 Å². The molecule has 2 aromatic heterocycles. The lowest BCUT2D eigenvalue weighted by Crippen LogP contribution is -2.17. The molecule has 0 aliphatic heterocycles. The lowest BCUT2D eigenvalue weighted by molar-refractivity contribution is 0.484. The van der Waals surface area contributed by atoms with Crippen LogP contribution in [0.5, 0.6) is 0 Å². The van der Waals surface area contributed by atoms with Gasteiger partial charge in [-0.25, -0.2) is 4.98 Å². The first-order chi connectivity index (χ1) is 17.8. The van der Waals surface area contributed by atoms with Gasteiger partial charge in [0.2, 0.25) is 0 Å². The molecule has 1 fully saturated rings. The molecule has 0 saturated heterocycles. The molecule has 2 nitrogen and oxygen atoms in total. The van der Waals surface area contributed by atoms with E-state index in [9.17, 15) is 0 Å². The molecule has 198 valence electrons. The van der Waals surface area contributed by atoms with E-state index in [4.69, 9.17) is 4.98 Å². The SMILES string of the molecule is CC.CC(C)(C)c1ccc2c(c1)c1cc(C(C)(C)C)ccc1n1c3cc4c(cc3nc21)C1(C)CCC4(C)C1. The molecule has 2 atom stereocenters. The molecule has 2 bridgehead atoms. The van der Waals surface area contributed by atoms with Gasteiger partial charge >= 0.3 is 0 Å². The van der Waals surface area contributed by atoms with E-state index in [0.29, 0.717) is 10.8 Å². The van der Waals surface area contributed by atoms with Crippen LogP contribution in [0.3, 0.4) is 0 Å². The van der Waals surface area contributed by atoms with Gasteiger partial charge in [-0.15, -0.1) is 0 Å². The fraction of sp³-hybridized carbons (Fsp3) is 0.472. The molecule has 38 heavy (non-hydrogen) atoms. The predicted molar refractivity (Wildman–Crippen MR) is 165 cm³/mol. The van der Waals surface area contributed by atoms with E-state index in [1.54, 1.807) is 11.1 Å². The average Bonchev–Trinajstić information content (AvgIpc) is 3.47. The summed E-state index contributed by atoms with van der Waals surface area (Å²) in [5, 5.41) is 3.90. The molecule has 2 heteroatoms. The number of nitrogens with zero attached hydrogens (tertiary/aromatic N) is 2. The van der Waals surface area contributed by atoms with Crippen LogP contribution in [0.1, 0.15) is 111 Å². The maximum atomic E-state index is 5.33. The number of imidazole rings is 1. The summed E-state index contributed by atoms with van der Waals surface area (Å²) in [4.78, 5) is 5.33. The Balaban J connectivity index is 0.00000129. The Hall–Kier alpha value is -2.87. The summed E-state index contributed by atoms with van der Waals surface area (Å²) < 4.78 is 2.45. The third-order valence-corrected chi connectivity index (χ3v) is 9.62. The first-order valence-electron chi connectivity index (χ1n) is 14.7. The van der Waals surface area contributed by atoms with Gasteiger partial charge in [0, 0.05) is 10.8 Å². The maximum Gasteiger partial charge on any atom is 0.146 e. The summed E-state index contributed by atoms with van der Waals surface area (Å²) >= 11 is 0. The van der Waals surface area contributed by atoms with E-state index in [1.807, 2.05) is 13.8 Å². The van der Waals surface area contributed by atoms with E-state index in [2.05, 4.69) is 108 Å². The standard InChI is InChI=1S/C34H38N2.C2H6/c1-31(2,3)20-9-11-22-23(15-20)24-16-21(32(4,5)6)10-12-28(24)36-29-18-26-25(17-27(29)35-30(22)36)33(7)13-14-34(26,8)19-33;1-2/h9-12,15-18H,13-14,19H2,1-8H3;1-2H3. The number of rotatable bonds is 0. The molecule has 1 saturated carbocycles. The van der Waals surface area contributed by atoms with Crippen LogP contribution in [0.2, 0.25) is 0 Å². The highest BCUT2D eigenvalue weighted by atomic mass is 15.0. The molecular weight excluding hydrogens is 460 g/mol. The molecule has 3 aromatic carbocycles. The van der Waals surface area contributed by atoms with Crippen LogP contribution < -0.4 is 0 Å². The van der Waals surface area contributed by atoms with Gasteiger partial charge in [0.15, 0.2) is 0 Å². The Kier molecular flexibility index (Phi) is 5.24. The zero-order chi connectivity index (χ0) is 27.4. The summed E-state index contributed by atoms with van der Waals surface area (Å²) in [6, 6.07) is 19.1. The van der Waals surface area contributed by atoms with Crippen molar-refractivity contribution in [2.45, 2.75) is 110 Å². The molecular formula is C36H44N2. The third-order valence-electron chi connectivity index (χ3n) is 9.62. The highest BCUT2D eigenvalue weighted by Crippen LogP contribution is 2.61. The molecule has 2 heterocycles. The van der Waals surface area contributed by atoms with Crippen LogP contribution in [-0.4, -0.2) is 9.38 Å². The second kappa shape index (κ2) is 7.84. The number of fused-ring (bicyclic) bond motifs is 13. The second-order valence-electron chi connectivity index (χ2n) is 14.4. The van der Waals surface area contributed by atoms with Crippen molar-refractivity contribution in [3.05, 3.63) is 70.8 Å². The number of aromatic nitrogens is 2. The second-order valence-corrected chi connectivity index (χ2v) is 14.4. The van der Waals surface area contributed by atoms with Gasteiger partial charge < -0.3 is 0 Å². The Morgan fingerprint density at radius 3 is 1.82 bits per heavy atom. The lowest BCUT2D eigenvalue weighted by Gasteiger charge is -2.27. The van der Waals surface area contributed by atoms with Crippen LogP contribution in [0, 0.1) is 0 Å². The monoisotopic (exact) mass is 504 g/mol. The fourth-order valence-electron chi connectivity index (χ4n) is 7.44. The number of benzene rings is 3. The highest BCUT2D eigenvalue weighted by Gasteiger charge is 2.53. The normalized spacial score (nSPS) is 22.9. The molecule has 2 unspecified atom stereocenters. The van der Waals surface area contributed by atoms with Gasteiger partial charge in [-0.1, -0.05) is 87.4 Å². The van der Waals surface area contributed by atoms with Crippen molar-refractivity contribution >= 4 is 38.4 Å². The van der Waals surface area contributed by atoms with Crippen molar-refractivity contribution in [1.29, 1.82) is 0 Å². The van der Waals surface area contributed by atoms with Crippen LogP contribution in [0.25, 0.3) is 38.4 Å². The van der Waals surface area contributed by atoms with Crippen molar-refractivity contribution in [3.8, 4) is 0 Å². The Bertz CT molecular complexity index is 1750. The summed E-state index contributed by atoms with van der Waals surface area (Å²) in [5.41, 5.74) is 11.4. The van der Waals surface area contributed by atoms with E-state index in [0.717, 1.165) is 11.2 Å². The van der Waals surface area contributed by atoms with Crippen LogP contribution in [0.15, 0.2) is 48.5 Å². The largest absolute Gasteiger partial charge is 0.292 e. The van der Waals surface area contributed by atoms with E-state index in [1.165, 1.54) is 57.6 Å². The molecule has 0 spiro atoms. The van der Waals surface area contributed by atoms with Gasteiger partial charge in [0.1, 0.15) is 5.65 Å². The predicted octanol–water partition coefficient (Wildman–Crippen LogP) is 10.1. The molecule has 2 aliphatic rings. The topological polar surface area (TPSA) is 17.3 Å². The van der Waals surface area contributed by atoms with E-state index < -0.39 is 0 Å². The van der Waals surface area contributed by atoms with Crippen molar-refractivity contribution in [2.75, 3.05) is 0 Å². The molecule has 0 N–H and O–H groups in total. The zero-order valence-electron chi connectivity index (χ0n) is 25.1. The number of pyridine rings is 1. The summed E-state index contributed by atoms with van der Waals surface area (Å²) in [7, 11) is 0. The maximum absolute atomic E-state index is 5.33. The van der Waals surface area contributed by atoms with Gasteiger partial charge in [-0.3, -0.25) is 4.40 Å². The Labute approximate surface area is 228 Å². The van der Waals surface area contributed by atoms with E-state index in [-0.39, 0.29) is 10.8 Å². The van der Waals surface area contributed by atoms with Gasteiger partial charge in [0.25, 0.3) is 0 Å². The first kappa shape index (κ1) is 25.4. The minimum Gasteiger partial charge on any atom is -0.292 e. The Morgan fingerprint density at radius 2 is 1.21 bits per heavy atom. The van der Waals surface area contributed by atoms with Gasteiger partial charge in [0.05, 0.1) is 16.6 Å². The smallest absolute Gasteiger partial charge is 0.146 e. The number of hydrogen-bond acceptors (Lipinski definition) is 1. The fourth-order valence-corrected chi connectivity index (χ4v) is 7.44. The third kappa shape index (κ3) is 3.41. The lowest BCUT2D eigenvalue weighted by atomic mass is 9.78. The molecule has 0 amide bonds. The quantitative estimate of drug-likeness (QED) is 0.192. The van der Waals surface area contributed by atoms with Gasteiger partial charge in [-0.05, 0) is 98.9 Å². The molecule has 0 radical (unpaired) electrons. The minimum atomic E-state index is 0.0954. The summed E-state index contributed by atoms with van der Waals surface area (Å²) in [6.45, 7) is 22.8. The van der Waals surface area contributed by atoms with E-state index >= 15 is 0 Å².